The van der Waals surface area contributed by atoms with Crippen molar-refractivity contribution in [3.8, 4) is 12.1 Å². The van der Waals surface area contributed by atoms with Crippen LogP contribution in [-0.2, 0) is 6.54 Å². The lowest BCUT2D eigenvalue weighted by Gasteiger charge is -2.29. The number of nitriles is 2. The number of hydrogen-bond acceptors (Lipinski definition) is 3. The molecule has 2 aliphatic carbocycles. The molecule has 0 heterocycles. The summed E-state index contributed by atoms with van der Waals surface area (Å²) in [6.07, 6.45) is 8.35. The summed E-state index contributed by atoms with van der Waals surface area (Å²) >= 11 is 0. The first-order valence-corrected chi connectivity index (χ1v) is 8.03. The fraction of sp³-hybridized carbons (Fsp3) is 0.300. The number of rotatable bonds is 3. The third kappa shape index (κ3) is 3.52. The molecule has 1 aromatic carbocycles. The normalized spacial score (nSPS) is 19.6. The molecule has 2 aliphatic rings. The molecule has 23 heavy (non-hydrogen) atoms. The SMILES string of the molecule is N#CC(C#N)=C1C=C2C=C(NCc3ccccc3)CC[C@H]2CC1. The Kier molecular flexibility index (Phi) is 4.60. The summed E-state index contributed by atoms with van der Waals surface area (Å²) in [5.74, 6) is 0.569. The number of fused-ring (bicyclic) bond motifs is 1. The molecule has 0 aliphatic heterocycles. The molecule has 0 spiro atoms. The Morgan fingerprint density at radius 2 is 1.78 bits per heavy atom. The van der Waals surface area contributed by atoms with E-state index in [0.717, 1.165) is 37.8 Å². The quantitative estimate of drug-likeness (QED) is 0.854. The largest absolute Gasteiger partial charge is 0.384 e. The Morgan fingerprint density at radius 1 is 1.04 bits per heavy atom. The van der Waals surface area contributed by atoms with Crippen molar-refractivity contribution in [3.63, 3.8) is 0 Å². The zero-order valence-corrected chi connectivity index (χ0v) is 13.0. The van der Waals surface area contributed by atoms with Gasteiger partial charge in [-0.25, -0.2) is 0 Å². The molecule has 0 saturated heterocycles. The van der Waals surface area contributed by atoms with Crippen LogP contribution in [0.2, 0.25) is 0 Å². The summed E-state index contributed by atoms with van der Waals surface area (Å²) in [4.78, 5) is 0. The molecule has 0 saturated carbocycles. The van der Waals surface area contributed by atoms with Gasteiger partial charge in [-0.3, -0.25) is 0 Å². The molecule has 114 valence electrons. The molecule has 3 rings (SSSR count). The zero-order chi connectivity index (χ0) is 16.1. The third-order valence-corrected chi connectivity index (χ3v) is 4.58. The highest BCUT2D eigenvalue weighted by molar-refractivity contribution is 5.49. The van der Waals surface area contributed by atoms with Crippen LogP contribution in [0.1, 0.15) is 31.2 Å². The van der Waals surface area contributed by atoms with E-state index in [1.807, 2.05) is 30.3 Å². The van der Waals surface area contributed by atoms with Gasteiger partial charge in [0.1, 0.15) is 17.7 Å². The average Bonchev–Trinajstić information content (AvgIpc) is 2.61. The predicted molar refractivity (Wildman–Crippen MR) is 89.7 cm³/mol. The highest BCUT2D eigenvalue weighted by Gasteiger charge is 2.24. The average molecular weight is 301 g/mol. The molecule has 0 fully saturated rings. The first kappa shape index (κ1) is 15.1. The van der Waals surface area contributed by atoms with Crippen LogP contribution in [0.25, 0.3) is 0 Å². The summed E-state index contributed by atoms with van der Waals surface area (Å²) in [6, 6.07) is 14.4. The molecule has 0 unspecified atom stereocenters. The van der Waals surface area contributed by atoms with Crippen LogP contribution in [0.3, 0.4) is 0 Å². The standard InChI is InChI=1S/C20H19N3/c21-12-19(13-22)17-7-6-16-8-9-20(11-18(16)10-17)23-14-15-4-2-1-3-5-15/h1-5,10-11,16,23H,6-9,14H2/t16-/m1/s1. The molecule has 0 radical (unpaired) electrons. The van der Waals surface area contributed by atoms with Gasteiger partial charge in [-0.15, -0.1) is 0 Å². The van der Waals surface area contributed by atoms with Gasteiger partial charge in [-0.05, 0) is 54.4 Å². The van der Waals surface area contributed by atoms with Crippen molar-refractivity contribution in [2.75, 3.05) is 0 Å². The van der Waals surface area contributed by atoms with Gasteiger partial charge in [-0.2, -0.15) is 10.5 Å². The Bertz CT molecular complexity index is 738. The van der Waals surface area contributed by atoms with E-state index in [-0.39, 0.29) is 5.57 Å². The predicted octanol–water partition coefficient (Wildman–Crippen LogP) is 4.13. The van der Waals surface area contributed by atoms with Crippen LogP contribution >= 0.6 is 0 Å². The molecule has 0 amide bonds. The van der Waals surface area contributed by atoms with Crippen LogP contribution in [-0.4, -0.2) is 0 Å². The van der Waals surface area contributed by atoms with Crippen LogP contribution in [0.5, 0.6) is 0 Å². The van der Waals surface area contributed by atoms with Crippen LogP contribution in [0.4, 0.5) is 0 Å². The Balaban J connectivity index is 1.77. The number of hydrogen-bond donors (Lipinski definition) is 1. The van der Waals surface area contributed by atoms with E-state index in [1.54, 1.807) is 0 Å². The number of benzene rings is 1. The second-order valence-electron chi connectivity index (χ2n) is 6.05. The van der Waals surface area contributed by atoms with Gasteiger partial charge < -0.3 is 5.32 Å². The van der Waals surface area contributed by atoms with Gasteiger partial charge >= 0.3 is 0 Å². The monoisotopic (exact) mass is 301 g/mol. The van der Waals surface area contributed by atoms with E-state index >= 15 is 0 Å². The van der Waals surface area contributed by atoms with E-state index < -0.39 is 0 Å². The van der Waals surface area contributed by atoms with Gasteiger partial charge in [-0.1, -0.05) is 36.4 Å². The van der Waals surface area contributed by atoms with Crippen LogP contribution in [0, 0.1) is 28.6 Å². The molecule has 1 atom stereocenters. The number of allylic oxidation sites excluding steroid dienone is 6. The lowest BCUT2D eigenvalue weighted by molar-refractivity contribution is 0.486. The van der Waals surface area contributed by atoms with Crippen molar-refractivity contribution in [1.29, 1.82) is 10.5 Å². The zero-order valence-electron chi connectivity index (χ0n) is 13.0. The molecule has 3 heteroatoms. The second kappa shape index (κ2) is 6.99. The summed E-state index contributed by atoms with van der Waals surface area (Å²) in [6.45, 7) is 0.828. The van der Waals surface area contributed by atoms with Crippen molar-refractivity contribution >= 4 is 0 Å². The van der Waals surface area contributed by atoms with E-state index in [4.69, 9.17) is 10.5 Å². The maximum atomic E-state index is 9.05. The lowest BCUT2D eigenvalue weighted by atomic mass is 9.78. The fourth-order valence-electron chi connectivity index (χ4n) is 3.28. The molecule has 3 nitrogen and oxygen atoms in total. The van der Waals surface area contributed by atoms with Crippen LogP contribution < -0.4 is 5.32 Å². The highest BCUT2D eigenvalue weighted by atomic mass is 14.9. The Morgan fingerprint density at radius 3 is 2.52 bits per heavy atom. The minimum absolute atomic E-state index is 0.258. The van der Waals surface area contributed by atoms with Gasteiger partial charge in [0.25, 0.3) is 0 Å². The molecule has 0 aromatic heterocycles. The fourth-order valence-corrected chi connectivity index (χ4v) is 3.28. The van der Waals surface area contributed by atoms with Gasteiger partial charge in [0.05, 0.1) is 0 Å². The first-order valence-electron chi connectivity index (χ1n) is 8.03. The van der Waals surface area contributed by atoms with Crippen molar-refractivity contribution in [3.05, 3.63) is 70.5 Å². The molecular weight excluding hydrogens is 282 g/mol. The summed E-state index contributed by atoms with van der Waals surface area (Å²) < 4.78 is 0. The lowest BCUT2D eigenvalue weighted by Crippen LogP contribution is -2.20. The maximum absolute atomic E-state index is 9.05. The third-order valence-electron chi connectivity index (χ3n) is 4.58. The van der Waals surface area contributed by atoms with E-state index in [1.165, 1.54) is 16.8 Å². The highest BCUT2D eigenvalue weighted by Crippen LogP contribution is 2.37. The molecule has 0 bridgehead atoms. The molecule has 1 aromatic rings. The minimum Gasteiger partial charge on any atom is -0.384 e. The second-order valence-corrected chi connectivity index (χ2v) is 6.05. The summed E-state index contributed by atoms with van der Waals surface area (Å²) in [5.41, 5.74) is 4.92. The van der Waals surface area contributed by atoms with Crippen molar-refractivity contribution in [1.82, 2.24) is 5.32 Å². The first-order chi connectivity index (χ1) is 11.3. The molecule has 1 N–H and O–H groups in total. The van der Waals surface area contributed by atoms with Gasteiger partial charge in [0, 0.05) is 12.2 Å². The van der Waals surface area contributed by atoms with Gasteiger partial charge in [0.15, 0.2) is 0 Å². The van der Waals surface area contributed by atoms with E-state index in [9.17, 15) is 0 Å². The Hall–Kier alpha value is -2.78. The van der Waals surface area contributed by atoms with Crippen molar-refractivity contribution in [2.24, 2.45) is 5.92 Å². The van der Waals surface area contributed by atoms with Gasteiger partial charge in [0.2, 0.25) is 0 Å². The smallest absolute Gasteiger partial charge is 0.132 e. The van der Waals surface area contributed by atoms with E-state index in [2.05, 4.69) is 29.6 Å². The number of nitrogens with one attached hydrogen (secondary N) is 1. The minimum atomic E-state index is 0.258. The topological polar surface area (TPSA) is 59.6 Å². The Labute approximate surface area is 137 Å². The summed E-state index contributed by atoms with van der Waals surface area (Å²) in [5, 5.41) is 21.6. The van der Waals surface area contributed by atoms with Crippen LogP contribution in [0.15, 0.2) is 64.9 Å². The van der Waals surface area contributed by atoms with E-state index in [0.29, 0.717) is 5.92 Å². The van der Waals surface area contributed by atoms with Crippen molar-refractivity contribution < 1.29 is 0 Å². The van der Waals surface area contributed by atoms with Crippen molar-refractivity contribution in [2.45, 2.75) is 32.2 Å². The maximum Gasteiger partial charge on any atom is 0.132 e. The summed E-state index contributed by atoms with van der Waals surface area (Å²) in [7, 11) is 0. The number of nitrogens with zero attached hydrogens (tertiary/aromatic N) is 2. The molecular formula is C20H19N3.